The predicted molar refractivity (Wildman–Crippen MR) is 127 cm³/mol. The zero-order valence-electron chi connectivity index (χ0n) is 20.0. The molecule has 0 aliphatic carbocycles. The Balaban J connectivity index is 3.86. The zero-order chi connectivity index (χ0) is 20.0. The largest absolute Gasteiger partial charge is 0.0654 e. The molecule has 0 fully saturated rings. The second-order valence-electron chi connectivity index (χ2n) is 9.41. The van der Waals surface area contributed by atoms with Crippen LogP contribution in [-0.4, -0.2) is 0 Å². The topological polar surface area (TPSA) is 0 Å². The van der Waals surface area contributed by atoms with Crippen molar-refractivity contribution in [1.29, 1.82) is 0 Å². The monoisotopic (exact) mass is 380 g/mol. The lowest BCUT2D eigenvalue weighted by atomic mass is 9.82. The average Bonchev–Trinajstić information content (AvgIpc) is 2.68. The van der Waals surface area contributed by atoms with Gasteiger partial charge in [-0.2, -0.15) is 0 Å². The third kappa shape index (κ3) is 19.1. The van der Waals surface area contributed by atoms with Gasteiger partial charge >= 0.3 is 0 Å². The first kappa shape index (κ1) is 27.0. The molecule has 0 amide bonds. The SMILES string of the molecule is CCCCCCCCCCCC(C)C(CCCCCC)CCCCCCC. The Morgan fingerprint density at radius 3 is 1.07 bits per heavy atom. The summed E-state index contributed by atoms with van der Waals surface area (Å²) in [5, 5.41) is 0. The smallest absolute Gasteiger partial charge is 0.0388 e. The van der Waals surface area contributed by atoms with E-state index in [-0.39, 0.29) is 0 Å². The van der Waals surface area contributed by atoms with Crippen molar-refractivity contribution in [3.8, 4) is 0 Å². The first-order chi connectivity index (χ1) is 13.3. The number of rotatable bonds is 22. The van der Waals surface area contributed by atoms with Crippen molar-refractivity contribution in [3.05, 3.63) is 0 Å². The summed E-state index contributed by atoms with van der Waals surface area (Å²) in [6.07, 6.45) is 30.7. The van der Waals surface area contributed by atoms with Gasteiger partial charge in [-0.3, -0.25) is 0 Å². The maximum Gasteiger partial charge on any atom is -0.0388 e. The summed E-state index contributed by atoms with van der Waals surface area (Å²) >= 11 is 0. The van der Waals surface area contributed by atoms with Gasteiger partial charge in [0.15, 0.2) is 0 Å². The Labute approximate surface area is 174 Å². The second kappa shape index (κ2) is 22.3. The highest BCUT2D eigenvalue weighted by Gasteiger charge is 2.16. The Kier molecular flexibility index (Phi) is 22.3. The zero-order valence-corrected chi connectivity index (χ0v) is 20.0. The van der Waals surface area contributed by atoms with Crippen LogP contribution < -0.4 is 0 Å². The second-order valence-corrected chi connectivity index (χ2v) is 9.41. The fourth-order valence-electron chi connectivity index (χ4n) is 4.57. The van der Waals surface area contributed by atoms with Crippen molar-refractivity contribution in [3.63, 3.8) is 0 Å². The van der Waals surface area contributed by atoms with Crippen molar-refractivity contribution in [2.75, 3.05) is 0 Å². The fraction of sp³-hybridized carbons (Fsp3) is 1.00. The van der Waals surface area contributed by atoms with Gasteiger partial charge in [-0.1, -0.05) is 163 Å². The van der Waals surface area contributed by atoms with Gasteiger partial charge in [-0.05, 0) is 11.8 Å². The van der Waals surface area contributed by atoms with E-state index in [2.05, 4.69) is 27.7 Å². The van der Waals surface area contributed by atoms with Crippen LogP contribution in [0.2, 0.25) is 0 Å². The Bertz CT molecular complexity index is 257. The molecule has 27 heavy (non-hydrogen) atoms. The molecule has 164 valence electrons. The molecule has 0 nitrogen and oxygen atoms in total. The summed E-state index contributed by atoms with van der Waals surface area (Å²) in [5.41, 5.74) is 0. The van der Waals surface area contributed by atoms with E-state index in [9.17, 15) is 0 Å². The molecule has 0 heterocycles. The van der Waals surface area contributed by atoms with Crippen LogP contribution in [0, 0.1) is 11.8 Å². The van der Waals surface area contributed by atoms with E-state index in [4.69, 9.17) is 0 Å². The molecule has 0 heteroatoms. The van der Waals surface area contributed by atoms with Crippen LogP contribution in [0.15, 0.2) is 0 Å². The number of unbranched alkanes of at least 4 members (excludes halogenated alkanes) is 15. The summed E-state index contributed by atoms with van der Waals surface area (Å²) in [5.74, 6) is 1.97. The van der Waals surface area contributed by atoms with E-state index in [1.165, 1.54) is 135 Å². The molecular weight excluding hydrogens is 324 g/mol. The van der Waals surface area contributed by atoms with Crippen LogP contribution in [-0.2, 0) is 0 Å². The summed E-state index contributed by atoms with van der Waals surface area (Å²) in [4.78, 5) is 0. The molecule has 0 aliphatic heterocycles. The first-order valence-electron chi connectivity index (χ1n) is 13.3. The Morgan fingerprint density at radius 1 is 0.370 bits per heavy atom. The van der Waals surface area contributed by atoms with Gasteiger partial charge in [0.1, 0.15) is 0 Å². The highest BCUT2D eigenvalue weighted by molar-refractivity contribution is 4.68. The summed E-state index contributed by atoms with van der Waals surface area (Å²) in [6, 6.07) is 0. The molecule has 0 aromatic rings. The molecule has 0 aliphatic rings. The highest BCUT2D eigenvalue weighted by atomic mass is 14.2. The van der Waals surface area contributed by atoms with Gasteiger partial charge < -0.3 is 0 Å². The molecule has 0 aromatic carbocycles. The van der Waals surface area contributed by atoms with E-state index < -0.39 is 0 Å². The summed E-state index contributed by atoms with van der Waals surface area (Å²) in [6.45, 7) is 9.53. The van der Waals surface area contributed by atoms with Crippen LogP contribution in [0.1, 0.15) is 163 Å². The fourth-order valence-corrected chi connectivity index (χ4v) is 4.57. The van der Waals surface area contributed by atoms with Crippen LogP contribution in [0.4, 0.5) is 0 Å². The molecule has 0 bridgehead atoms. The van der Waals surface area contributed by atoms with Crippen molar-refractivity contribution in [2.24, 2.45) is 11.8 Å². The van der Waals surface area contributed by atoms with Crippen molar-refractivity contribution >= 4 is 0 Å². The molecule has 0 spiro atoms. The summed E-state index contributed by atoms with van der Waals surface area (Å²) in [7, 11) is 0. The predicted octanol–water partition coefficient (Wildman–Crippen LogP) is 10.5. The third-order valence-electron chi connectivity index (χ3n) is 6.67. The Hall–Kier alpha value is 0. The Morgan fingerprint density at radius 2 is 0.667 bits per heavy atom. The quantitative estimate of drug-likeness (QED) is 0.164. The maximum atomic E-state index is 2.57. The number of hydrogen-bond donors (Lipinski definition) is 0. The van der Waals surface area contributed by atoms with Crippen molar-refractivity contribution in [2.45, 2.75) is 163 Å². The maximum absolute atomic E-state index is 2.57. The molecule has 2 unspecified atom stereocenters. The lowest BCUT2D eigenvalue weighted by molar-refractivity contribution is 0.274. The highest BCUT2D eigenvalue weighted by Crippen LogP contribution is 2.29. The molecule has 0 N–H and O–H groups in total. The lowest BCUT2D eigenvalue weighted by Gasteiger charge is -2.24. The van der Waals surface area contributed by atoms with E-state index in [0.717, 1.165) is 11.8 Å². The van der Waals surface area contributed by atoms with Crippen molar-refractivity contribution in [1.82, 2.24) is 0 Å². The van der Waals surface area contributed by atoms with Gasteiger partial charge in [0.25, 0.3) is 0 Å². The van der Waals surface area contributed by atoms with E-state index >= 15 is 0 Å². The standard InChI is InChI=1S/C27H56/c1-5-8-11-14-15-16-17-19-20-23-26(4)27(24-21-13-10-7-3)25-22-18-12-9-6-2/h26-27H,5-25H2,1-4H3. The van der Waals surface area contributed by atoms with Gasteiger partial charge in [0, 0.05) is 0 Å². The minimum Gasteiger partial charge on any atom is -0.0654 e. The van der Waals surface area contributed by atoms with Crippen LogP contribution >= 0.6 is 0 Å². The minimum absolute atomic E-state index is 0.961. The van der Waals surface area contributed by atoms with Crippen molar-refractivity contribution < 1.29 is 0 Å². The normalized spacial score (nSPS) is 13.8. The van der Waals surface area contributed by atoms with E-state index in [1.54, 1.807) is 0 Å². The summed E-state index contributed by atoms with van der Waals surface area (Å²) < 4.78 is 0. The molecule has 0 radical (unpaired) electrons. The van der Waals surface area contributed by atoms with Crippen LogP contribution in [0.25, 0.3) is 0 Å². The van der Waals surface area contributed by atoms with Gasteiger partial charge in [-0.25, -0.2) is 0 Å². The van der Waals surface area contributed by atoms with Crippen LogP contribution in [0.3, 0.4) is 0 Å². The van der Waals surface area contributed by atoms with Gasteiger partial charge in [0.2, 0.25) is 0 Å². The molecule has 0 aromatic heterocycles. The van der Waals surface area contributed by atoms with Crippen LogP contribution in [0.5, 0.6) is 0 Å². The lowest BCUT2D eigenvalue weighted by Crippen LogP contribution is -2.12. The first-order valence-corrected chi connectivity index (χ1v) is 13.3. The van der Waals surface area contributed by atoms with Gasteiger partial charge in [-0.15, -0.1) is 0 Å². The average molecular weight is 381 g/mol. The molecule has 0 rings (SSSR count). The third-order valence-corrected chi connectivity index (χ3v) is 6.67. The number of hydrogen-bond acceptors (Lipinski definition) is 0. The minimum atomic E-state index is 0.961. The molecular formula is C27H56. The van der Waals surface area contributed by atoms with E-state index in [1.807, 2.05) is 0 Å². The molecule has 2 atom stereocenters. The molecule has 0 saturated carbocycles. The molecule has 0 saturated heterocycles. The van der Waals surface area contributed by atoms with E-state index in [0.29, 0.717) is 0 Å². The van der Waals surface area contributed by atoms with Gasteiger partial charge in [0.05, 0.1) is 0 Å².